The molecule has 1 rings (SSSR count). The molecule has 0 atom stereocenters. The van der Waals surface area contributed by atoms with E-state index in [0.717, 1.165) is 0 Å². The molecule has 0 unspecified atom stereocenters. The molecule has 0 aliphatic rings. The van der Waals surface area contributed by atoms with E-state index < -0.39 is 5.60 Å². The van der Waals surface area contributed by atoms with Gasteiger partial charge in [-0.3, -0.25) is 4.79 Å². The number of benzene rings is 1. The molecule has 19 heavy (non-hydrogen) atoms. The highest BCUT2D eigenvalue weighted by atomic mass is 19.1. The third-order valence-electron chi connectivity index (χ3n) is 3.11. The molecule has 0 aliphatic carbocycles. The van der Waals surface area contributed by atoms with Crippen LogP contribution in [0.15, 0.2) is 24.3 Å². The maximum Gasteiger partial charge on any atom is 0.258 e. The van der Waals surface area contributed by atoms with Gasteiger partial charge in [0.1, 0.15) is 11.6 Å². The summed E-state index contributed by atoms with van der Waals surface area (Å²) in [6.45, 7) is 3.77. The van der Waals surface area contributed by atoms with Gasteiger partial charge >= 0.3 is 0 Å². The lowest BCUT2D eigenvalue weighted by molar-refractivity contribution is -0.124. The van der Waals surface area contributed by atoms with Gasteiger partial charge in [-0.25, -0.2) is 4.39 Å². The van der Waals surface area contributed by atoms with Crippen molar-refractivity contribution in [2.75, 3.05) is 13.2 Å². The molecule has 0 bridgehead atoms. The molecule has 0 fully saturated rings. The van der Waals surface area contributed by atoms with Gasteiger partial charge in [0.05, 0.1) is 5.60 Å². The van der Waals surface area contributed by atoms with Crippen molar-refractivity contribution in [3.05, 3.63) is 30.1 Å². The second-order valence-electron chi connectivity index (χ2n) is 4.45. The van der Waals surface area contributed by atoms with Crippen molar-refractivity contribution >= 4 is 5.91 Å². The maximum atomic E-state index is 12.7. The Morgan fingerprint density at radius 1 is 1.32 bits per heavy atom. The van der Waals surface area contributed by atoms with Crippen molar-refractivity contribution in [2.45, 2.75) is 32.3 Å². The second-order valence-corrected chi connectivity index (χ2v) is 4.45. The van der Waals surface area contributed by atoms with Crippen LogP contribution < -0.4 is 10.1 Å². The molecule has 0 radical (unpaired) electrons. The molecular formula is C14H20FNO3. The molecule has 0 heterocycles. The molecular weight excluding hydrogens is 249 g/mol. The molecule has 1 aromatic rings. The number of carbonyl (C=O) groups excluding carboxylic acids is 1. The third-order valence-corrected chi connectivity index (χ3v) is 3.11. The van der Waals surface area contributed by atoms with Gasteiger partial charge in [0, 0.05) is 6.54 Å². The Labute approximate surface area is 112 Å². The minimum Gasteiger partial charge on any atom is -0.484 e. The summed E-state index contributed by atoms with van der Waals surface area (Å²) in [7, 11) is 0. The number of hydrogen-bond donors (Lipinski definition) is 2. The number of carbonyl (C=O) groups is 1. The first kappa shape index (κ1) is 15.4. The molecule has 1 aromatic carbocycles. The van der Waals surface area contributed by atoms with Crippen LogP contribution in [-0.4, -0.2) is 29.8 Å². The Hall–Kier alpha value is -1.62. The first-order chi connectivity index (χ1) is 8.99. The summed E-state index contributed by atoms with van der Waals surface area (Å²) in [5.41, 5.74) is -0.870. The molecule has 0 spiro atoms. The van der Waals surface area contributed by atoms with Crippen LogP contribution in [0.25, 0.3) is 0 Å². The summed E-state index contributed by atoms with van der Waals surface area (Å²) >= 11 is 0. The van der Waals surface area contributed by atoms with E-state index in [-0.39, 0.29) is 24.9 Å². The van der Waals surface area contributed by atoms with Crippen molar-refractivity contribution in [1.82, 2.24) is 5.32 Å². The van der Waals surface area contributed by atoms with Crippen LogP contribution >= 0.6 is 0 Å². The highest BCUT2D eigenvalue weighted by molar-refractivity contribution is 5.77. The van der Waals surface area contributed by atoms with Gasteiger partial charge in [0.25, 0.3) is 5.91 Å². The minimum absolute atomic E-state index is 0.158. The summed E-state index contributed by atoms with van der Waals surface area (Å²) < 4.78 is 17.8. The predicted octanol–water partition coefficient (Wildman–Crippen LogP) is 1.87. The van der Waals surface area contributed by atoms with E-state index in [1.54, 1.807) is 0 Å². The van der Waals surface area contributed by atoms with E-state index in [9.17, 15) is 14.3 Å². The Morgan fingerprint density at radius 2 is 1.89 bits per heavy atom. The van der Waals surface area contributed by atoms with Gasteiger partial charge in [-0.2, -0.15) is 0 Å². The average molecular weight is 269 g/mol. The van der Waals surface area contributed by atoms with Crippen LogP contribution in [0.5, 0.6) is 5.75 Å². The average Bonchev–Trinajstić information content (AvgIpc) is 2.44. The van der Waals surface area contributed by atoms with Gasteiger partial charge in [-0.15, -0.1) is 0 Å². The Morgan fingerprint density at radius 3 is 2.42 bits per heavy atom. The zero-order valence-corrected chi connectivity index (χ0v) is 11.3. The summed E-state index contributed by atoms with van der Waals surface area (Å²) in [6.07, 6.45) is 1.14. The second kappa shape index (κ2) is 7.09. The van der Waals surface area contributed by atoms with Crippen LogP contribution in [0.4, 0.5) is 4.39 Å². The fourth-order valence-corrected chi connectivity index (χ4v) is 1.49. The number of ether oxygens (including phenoxy) is 1. The van der Waals surface area contributed by atoms with Gasteiger partial charge < -0.3 is 15.2 Å². The van der Waals surface area contributed by atoms with Crippen LogP contribution in [0.1, 0.15) is 26.7 Å². The van der Waals surface area contributed by atoms with Crippen LogP contribution in [-0.2, 0) is 4.79 Å². The molecule has 5 heteroatoms. The lowest BCUT2D eigenvalue weighted by Gasteiger charge is -2.25. The molecule has 0 saturated heterocycles. The van der Waals surface area contributed by atoms with Crippen molar-refractivity contribution in [3.63, 3.8) is 0 Å². The SMILES string of the molecule is CCC(O)(CC)CNC(=O)COc1ccc(F)cc1. The lowest BCUT2D eigenvalue weighted by Crippen LogP contribution is -2.43. The number of hydrogen-bond acceptors (Lipinski definition) is 3. The Balaban J connectivity index is 2.34. The topological polar surface area (TPSA) is 58.6 Å². The number of amides is 1. The summed E-state index contributed by atoms with van der Waals surface area (Å²) in [5.74, 6) is -0.241. The Bertz CT molecular complexity index is 402. The molecule has 0 saturated carbocycles. The largest absolute Gasteiger partial charge is 0.484 e. The van der Waals surface area contributed by atoms with E-state index in [1.165, 1.54) is 24.3 Å². The van der Waals surface area contributed by atoms with Crippen molar-refractivity contribution < 1.29 is 19.0 Å². The summed E-state index contributed by atoms with van der Waals surface area (Å²) in [5, 5.41) is 12.6. The van der Waals surface area contributed by atoms with E-state index in [1.807, 2.05) is 13.8 Å². The quantitative estimate of drug-likeness (QED) is 0.794. The highest BCUT2D eigenvalue weighted by Crippen LogP contribution is 2.13. The van der Waals surface area contributed by atoms with Gasteiger partial charge in [-0.05, 0) is 37.1 Å². The summed E-state index contributed by atoms with van der Waals surface area (Å²) in [6, 6.07) is 5.44. The molecule has 106 valence electrons. The number of halogens is 1. The fourth-order valence-electron chi connectivity index (χ4n) is 1.49. The normalized spacial score (nSPS) is 11.2. The first-order valence-electron chi connectivity index (χ1n) is 6.36. The van der Waals surface area contributed by atoms with Crippen LogP contribution in [0.2, 0.25) is 0 Å². The van der Waals surface area contributed by atoms with Crippen molar-refractivity contribution in [2.24, 2.45) is 0 Å². The number of aliphatic hydroxyl groups is 1. The molecule has 0 aromatic heterocycles. The van der Waals surface area contributed by atoms with Crippen molar-refractivity contribution in [3.8, 4) is 5.75 Å². The number of rotatable bonds is 7. The van der Waals surface area contributed by atoms with Crippen LogP contribution in [0.3, 0.4) is 0 Å². The lowest BCUT2D eigenvalue weighted by atomic mass is 9.98. The van der Waals surface area contributed by atoms with Crippen LogP contribution in [0, 0.1) is 5.82 Å². The summed E-state index contributed by atoms with van der Waals surface area (Å²) in [4.78, 5) is 11.5. The predicted molar refractivity (Wildman–Crippen MR) is 70.4 cm³/mol. The smallest absolute Gasteiger partial charge is 0.258 e. The van der Waals surface area contributed by atoms with Gasteiger partial charge in [0.2, 0.25) is 0 Å². The monoisotopic (exact) mass is 269 g/mol. The highest BCUT2D eigenvalue weighted by Gasteiger charge is 2.22. The standard InChI is InChI=1S/C14H20FNO3/c1-3-14(18,4-2)10-16-13(17)9-19-12-7-5-11(15)6-8-12/h5-8,18H,3-4,9-10H2,1-2H3,(H,16,17). The molecule has 2 N–H and O–H groups in total. The zero-order valence-electron chi connectivity index (χ0n) is 11.3. The maximum absolute atomic E-state index is 12.7. The fraction of sp³-hybridized carbons (Fsp3) is 0.500. The van der Waals surface area contributed by atoms with Gasteiger partial charge in [-0.1, -0.05) is 13.8 Å². The van der Waals surface area contributed by atoms with E-state index >= 15 is 0 Å². The zero-order chi connectivity index (χ0) is 14.3. The molecule has 1 amide bonds. The first-order valence-corrected chi connectivity index (χ1v) is 6.36. The Kier molecular flexibility index (Phi) is 5.76. The van der Waals surface area contributed by atoms with E-state index in [4.69, 9.17) is 4.74 Å². The third kappa shape index (κ3) is 5.26. The minimum atomic E-state index is -0.870. The van der Waals surface area contributed by atoms with E-state index in [2.05, 4.69) is 5.32 Å². The van der Waals surface area contributed by atoms with Gasteiger partial charge in [0.15, 0.2) is 6.61 Å². The molecule has 4 nitrogen and oxygen atoms in total. The molecule has 0 aliphatic heterocycles. The van der Waals surface area contributed by atoms with Crippen molar-refractivity contribution in [1.29, 1.82) is 0 Å². The number of nitrogens with one attached hydrogen (secondary N) is 1. The van der Waals surface area contributed by atoms with E-state index in [0.29, 0.717) is 18.6 Å².